The van der Waals surface area contributed by atoms with E-state index >= 15 is 8.78 Å². The van der Waals surface area contributed by atoms with Gasteiger partial charge >= 0.3 is 0 Å². The maximum absolute atomic E-state index is 15.3. The number of benzene rings is 5. The molecule has 342 valence electrons. The number of hydrogen-bond acceptors (Lipinski definition) is 9. The molecule has 11 heteroatoms. The second-order valence-corrected chi connectivity index (χ2v) is 25.0. The number of halogens is 2. The van der Waals surface area contributed by atoms with Crippen LogP contribution in [0.2, 0.25) is 0 Å². The molecule has 0 aliphatic carbocycles. The SMILES string of the molecule is CCCCOc1ccc(-c2ccc(-c3ccc(OCCCCCCCCOCc4csc(C5(C)Sc6ccccc6S5)c4-c4ccsc4C4(C)Sc5ccccc5S4)cc3)c(F)c2F)cc1. The lowest BCUT2D eigenvalue weighted by molar-refractivity contribution is 0.117. The Morgan fingerprint density at radius 1 is 0.485 bits per heavy atom. The van der Waals surface area contributed by atoms with Gasteiger partial charge in [-0.2, -0.15) is 0 Å². The smallest absolute Gasteiger partial charge is 0.167 e. The third-order valence-electron chi connectivity index (χ3n) is 11.9. The summed E-state index contributed by atoms with van der Waals surface area (Å²) in [5.74, 6) is -0.270. The zero-order valence-corrected chi connectivity index (χ0v) is 42.4. The Kier molecular flexibility index (Phi) is 15.6. The summed E-state index contributed by atoms with van der Waals surface area (Å²) in [5, 5.41) is 4.64. The summed E-state index contributed by atoms with van der Waals surface area (Å²) >= 11 is 11.7. The highest BCUT2D eigenvalue weighted by molar-refractivity contribution is 8.20. The molecular formula is C55H54F2O3S6. The molecule has 0 radical (unpaired) electrons. The van der Waals surface area contributed by atoms with Crippen LogP contribution in [0.4, 0.5) is 8.78 Å². The molecule has 7 aromatic rings. The van der Waals surface area contributed by atoms with E-state index in [1.165, 1.54) is 46.0 Å². The first kappa shape index (κ1) is 47.4. The Hall–Kier alpha value is -3.68. The largest absolute Gasteiger partial charge is 0.494 e. The molecule has 0 N–H and O–H groups in total. The summed E-state index contributed by atoms with van der Waals surface area (Å²) in [5.41, 5.74) is 5.67. The Labute approximate surface area is 413 Å². The quantitative estimate of drug-likeness (QED) is 0.0662. The summed E-state index contributed by atoms with van der Waals surface area (Å²) in [6.45, 7) is 9.51. The molecule has 66 heavy (non-hydrogen) atoms. The number of thiophene rings is 2. The van der Waals surface area contributed by atoms with Gasteiger partial charge in [-0.25, -0.2) is 8.78 Å². The van der Waals surface area contributed by atoms with Crippen LogP contribution in [0.5, 0.6) is 11.5 Å². The van der Waals surface area contributed by atoms with E-state index in [1.807, 2.05) is 81.9 Å². The standard InChI is InChI=1S/C55H54F2O3S6/c1-4-5-32-59-40-24-20-37(21-25-40)42-28-29-43(51(57)50(42)56)38-22-26-41(27-23-38)60-33-15-9-7-6-8-14-31-58-35-39-36-62-53(55(3)65-47-18-12-13-19-48(47)66-55)49(39)44-30-34-61-52(44)54(2)63-45-16-10-11-17-46(45)64-54/h10-13,16-30,34,36H,4-9,14-15,31-33,35H2,1-3H3. The van der Waals surface area contributed by atoms with Gasteiger partial charge in [0.25, 0.3) is 0 Å². The van der Waals surface area contributed by atoms with Gasteiger partial charge in [-0.1, -0.05) is 99.7 Å². The summed E-state index contributed by atoms with van der Waals surface area (Å²) in [6, 6.07) is 37.6. The fourth-order valence-corrected chi connectivity index (χ4v) is 17.1. The number of hydrogen-bond donors (Lipinski definition) is 0. The van der Waals surface area contributed by atoms with Crippen molar-refractivity contribution in [2.24, 2.45) is 0 Å². The van der Waals surface area contributed by atoms with E-state index in [0.29, 0.717) is 30.9 Å². The van der Waals surface area contributed by atoms with E-state index < -0.39 is 11.6 Å². The van der Waals surface area contributed by atoms with Crippen molar-refractivity contribution in [3.05, 3.63) is 153 Å². The van der Waals surface area contributed by atoms with Gasteiger partial charge in [0.2, 0.25) is 0 Å². The zero-order valence-electron chi connectivity index (χ0n) is 37.5. The van der Waals surface area contributed by atoms with Gasteiger partial charge in [-0.05, 0) is 121 Å². The minimum Gasteiger partial charge on any atom is -0.494 e. The average molecular weight is 993 g/mol. The molecule has 4 heterocycles. The Bertz CT molecular complexity index is 2680. The normalized spacial score (nSPS) is 14.6. The highest BCUT2D eigenvalue weighted by Gasteiger charge is 2.43. The van der Waals surface area contributed by atoms with E-state index in [-0.39, 0.29) is 19.3 Å². The van der Waals surface area contributed by atoms with Crippen molar-refractivity contribution < 1.29 is 23.0 Å². The van der Waals surface area contributed by atoms with E-state index in [1.54, 1.807) is 48.5 Å². The van der Waals surface area contributed by atoms with Crippen LogP contribution in [0.1, 0.15) is 87.5 Å². The minimum atomic E-state index is -0.858. The lowest BCUT2D eigenvalue weighted by Crippen LogP contribution is -2.11. The molecule has 0 saturated heterocycles. The molecule has 3 nitrogen and oxygen atoms in total. The maximum Gasteiger partial charge on any atom is 0.167 e. The van der Waals surface area contributed by atoms with Crippen molar-refractivity contribution in [2.75, 3.05) is 19.8 Å². The van der Waals surface area contributed by atoms with Crippen molar-refractivity contribution in [3.63, 3.8) is 0 Å². The van der Waals surface area contributed by atoms with Crippen molar-refractivity contribution in [1.82, 2.24) is 0 Å². The Morgan fingerprint density at radius 2 is 0.955 bits per heavy atom. The number of thioether (sulfide) groups is 4. The number of fused-ring (bicyclic) bond motifs is 2. The molecular weight excluding hydrogens is 939 g/mol. The van der Waals surface area contributed by atoms with E-state index in [0.717, 1.165) is 69.5 Å². The first-order valence-electron chi connectivity index (χ1n) is 22.9. The summed E-state index contributed by atoms with van der Waals surface area (Å²) < 4.78 is 48.6. The van der Waals surface area contributed by atoms with Gasteiger partial charge in [0.15, 0.2) is 11.6 Å². The number of rotatable bonds is 21. The van der Waals surface area contributed by atoms with Crippen molar-refractivity contribution >= 4 is 69.7 Å². The molecule has 2 aliphatic heterocycles. The monoisotopic (exact) mass is 992 g/mol. The Morgan fingerprint density at radius 3 is 1.47 bits per heavy atom. The first-order chi connectivity index (χ1) is 32.2. The molecule has 0 amide bonds. The molecule has 9 rings (SSSR count). The lowest BCUT2D eigenvalue weighted by Gasteiger charge is -2.26. The van der Waals surface area contributed by atoms with Gasteiger partial charge in [-0.3, -0.25) is 0 Å². The van der Waals surface area contributed by atoms with Crippen molar-refractivity contribution in [3.8, 4) is 44.9 Å². The second kappa shape index (κ2) is 21.7. The second-order valence-electron chi connectivity index (χ2n) is 16.9. The fourth-order valence-electron chi connectivity index (χ4n) is 8.47. The molecule has 0 saturated carbocycles. The molecule has 0 bridgehead atoms. The molecule has 5 aromatic carbocycles. The predicted molar refractivity (Wildman–Crippen MR) is 279 cm³/mol. The minimum absolute atomic E-state index is 0.0971. The summed E-state index contributed by atoms with van der Waals surface area (Å²) in [4.78, 5) is 8.29. The van der Waals surface area contributed by atoms with E-state index in [2.05, 4.69) is 86.1 Å². The van der Waals surface area contributed by atoms with Gasteiger partial charge in [0.05, 0.1) is 19.8 Å². The van der Waals surface area contributed by atoms with Crippen LogP contribution < -0.4 is 9.47 Å². The van der Waals surface area contributed by atoms with Crippen LogP contribution in [0.15, 0.2) is 146 Å². The molecule has 2 aliphatic rings. The Balaban J connectivity index is 0.728. The third kappa shape index (κ3) is 10.6. The third-order valence-corrected chi connectivity index (χ3v) is 20.8. The number of unbranched alkanes of at least 4 members (excludes halogenated alkanes) is 6. The van der Waals surface area contributed by atoms with Gasteiger partial charge in [0, 0.05) is 52.6 Å². The number of ether oxygens (including phenoxy) is 3. The van der Waals surface area contributed by atoms with Crippen molar-refractivity contribution in [2.45, 2.75) is 106 Å². The van der Waals surface area contributed by atoms with Crippen LogP contribution in [-0.4, -0.2) is 19.8 Å². The molecule has 0 atom stereocenters. The van der Waals surface area contributed by atoms with E-state index in [4.69, 9.17) is 14.2 Å². The van der Waals surface area contributed by atoms with E-state index in [9.17, 15) is 0 Å². The van der Waals surface area contributed by atoms with Gasteiger partial charge in [-0.15, -0.1) is 69.7 Å². The molecule has 0 unspecified atom stereocenters. The maximum atomic E-state index is 15.3. The molecule has 2 aromatic heterocycles. The predicted octanol–water partition coefficient (Wildman–Crippen LogP) is 18.3. The summed E-state index contributed by atoms with van der Waals surface area (Å²) in [6.07, 6.45) is 8.55. The van der Waals surface area contributed by atoms with Crippen LogP contribution in [0.3, 0.4) is 0 Å². The van der Waals surface area contributed by atoms with Gasteiger partial charge < -0.3 is 14.2 Å². The first-order valence-corrected chi connectivity index (χ1v) is 27.9. The van der Waals surface area contributed by atoms with Crippen molar-refractivity contribution in [1.29, 1.82) is 0 Å². The highest BCUT2D eigenvalue weighted by atomic mass is 32.2. The lowest BCUT2D eigenvalue weighted by atomic mass is 9.98. The van der Waals surface area contributed by atoms with Crippen LogP contribution >= 0.6 is 69.7 Å². The summed E-state index contributed by atoms with van der Waals surface area (Å²) in [7, 11) is 0. The molecule has 0 fully saturated rings. The van der Waals surface area contributed by atoms with Crippen LogP contribution in [0, 0.1) is 11.6 Å². The zero-order chi connectivity index (χ0) is 45.5. The van der Waals surface area contributed by atoms with Crippen LogP contribution in [0.25, 0.3) is 33.4 Å². The highest BCUT2D eigenvalue weighted by Crippen LogP contribution is 2.67. The van der Waals surface area contributed by atoms with Gasteiger partial charge in [0.1, 0.15) is 19.7 Å². The topological polar surface area (TPSA) is 27.7 Å². The average Bonchev–Trinajstić information content (AvgIpc) is 4.14. The fraction of sp³-hybridized carbons (Fsp3) is 0.309. The molecule has 0 spiro atoms. The van der Waals surface area contributed by atoms with Crippen LogP contribution in [-0.2, 0) is 19.5 Å².